The molecule has 1 atom stereocenters. The van der Waals surface area contributed by atoms with Gasteiger partial charge in [-0.25, -0.2) is 0 Å². The Balaban J connectivity index is 2.11. The van der Waals surface area contributed by atoms with Gasteiger partial charge in [0.2, 0.25) is 5.52 Å². The van der Waals surface area contributed by atoms with Gasteiger partial charge in [0.05, 0.1) is 17.8 Å². The van der Waals surface area contributed by atoms with E-state index in [9.17, 15) is 4.79 Å². The second-order valence-electron chi connectivity index (χ2n) is 5.63. The van der Waals surface area contributed by atoms with Gasteiger partial charge in [0.15, 0.2) is 0 Å². The van der Waals surface area contributed by atoms with Crippen LogP contribution < -0.4 is 15.8 Å². The molecule has 7 nitrogen and oxygen atoms in total. The number of hydrogen-bond acceptors (Lipinski definition) is 5. The van der Waals surface area contributed by atoms with Gasteiger partial charge in [0.1, 0.15) is 0 Å². The molecule has 2 aromatic rings. The van der Waals surface area contributed by atoms with Crippen molar-refractivity contribution in [2.24, 2.45) is 7.05 Å². The number of aromatic nitrogens is 2. The Kier molecular flexibility index (Phi) is 4.28. The minimum Gasteiger partial charge on any atom is -0.383 e. The summed E-state index contributed by atoms with van der Waals surface area (Å²) in [6.45, 7) is 10.1. The van der Waals surface area contributed by atoms with E-state index in [1.165, 1.54) is 0 Å². The molecule has 1 aliphatic heterocycles. The summed E-state index contributed by atoms with van der Waals surface area (Å²) in [5.41, 5.74) is 2.14. The Hall–Kier alpha value is -2.43. The third-order valence-electron chi connectivity index (χ3n) is 4.13. The number of nitrogens with one attached hydrogen (secondary N) is 1. The molecular formula is C16H19N5O2. The highest BCUT2D eigenvalue weighted by Gasteiger charge is 2.23. The van der Waals surface area contributed by atoms with Gasteiger partial charge >= 0.3 is 0 Å². The average Bonchev–Trinajstić information content (AvgIpc) is 2.58. The van der Waals surface area contributed by atoms with Gasteiger partial charge < -0.3 is 24.4 Å². The van der Waals surface area contributed by atoms with Gasteiger partial charge in [-0.1, -0.05) is 6.57 Å². The monoisotopic (exact) mass is 313 g/mol. The summed E-state index contributed by atoms with van der Waals surface area (Å²) >= 11 is 0. The first kappa shape index (κ1) is 15.5. The standard InChI is InChI=1S/C16H19N5O2/c1-17-14-5-4-12-16(19-14)13(8-15(22)20(12)2)21-7-6-18-11(9-21)10-23-3/h4-5,8,11,18H,6-7,9-10H2,2-3H3. The Morgan fingerprint density at radius 1 is 1.52 bits per heavy atom. The summed E-state index contributed by atoms with van der Waals surface area (Å²) in [5.74, 6) is 0.334. The minimum atomic E-state index is -0.0771. The van der Waals surface area contributed by atoms with Gasteiger partial charge in [-0.15, -0.1) is 4.98 Å². The lowest BCUT2D eigenvalue weighted by molar-refractivity contribution is 0.163. The smallest absolute Gasteiger partial charge is 0.270 e. The molecule has 1 saturated heterocycles. The highest BCUT2D eigenvalue weighted by Crippen LogP contribution is 2.26. The van der Waals surface area contributed by atoms with Crippen LogP contribution in [0.15, 0.2) is 23.0 Å². The highest BCUT2D eigenvalue weighted by atomic mass is 16.5. The van der Waals surface area contributed by atoms with E-state index in [1.807, 2.05) is 0 Å². The molecule has 120 valence electrons. The molecule has 0 aromatic carbocycles. The zero-order valence-electron chi connectivity index (χ0n) is 13.2. The van der Waals surface area contributed by atoms with Gasteiger partial charge in [0.25, 0.3) is 11.4 Å². The predicted octanol–water partition coefficient (Wildman–Crippen LogP) is 0.909. The van der Waals surface area contributed by atoms with Crippen molar-refractivity contribution in [1.29, 1.82) is 0 Å². The van der Waals surface area contributed by atoms with Crippen LogP contribution in [-0.4, -0.2) is 48.9 Å². The van der Waals surface area contributed by atoms with Crippen LogP contribution in [0.1, 0.15) is 0 Å². The Morgan fingerprint density at radius 2 is 2.35 bits per heavy atom. The molecular weight excluding hydrogens is 294 g/mol. The lowest BCUT2D eigenvalue weighted by atomic mass is 10.1. The quantitative estimate of drug-likeness (QED) is 0.853. The maximum Gasteiger partial charge on any atom is 0.270 e. The second-order valence-corrected chi connectivity index (χ2v) is 5.63. The average molecular weight is 313 g/mol. The van der Waals surface area contributed by atoms with E-state index in [0.717, 1.165) is 30.8 Å². The van der Waals surface area contributed by atoms with E-state index >= 15 is 0 Å². The van der Waals surface area contributed by atoms with Gasteiger partial charge in [-0.05, 0) is 12.1 Å². The van der Waals surface area contributed by atoms with Crippen LogP contribution in [0.25, 0.3) is 15.9 Å². The molecule has 3 heterocycles. The summed E-state index contributed by atoms with van der Waals surface area (Å²) < 4.78 is 6.79. The first-order chi connectivity index (χ1) is 11.1. The van der Waals surface area contributed by atoms with Gasteiger partial charge in [0, 0.05) is 45.9 Å². The molecule has 3 rings (SSSR count). The molecule has 1 N–H and O–H groups in total. The van der Waals surface area contributed by atoms with E-state index in [2.05, 4.69) is 20.0 Å². The van der Waals surface area contributed by atoms with Gasteiger partial charge in [-0.3, -0.25) is 4.79 Å². The molecule has 23 heavy (non-hydrogen) atoms. The number of nitrogens with zero attached hydrogens (tertiary/aromatic N) is 4. The fraction of sp³-hybridized carbons (Fsp3) is 0.438. The summed E-state index contributed by atoms with van der Waals surface area (Å²) in [4.78, 5) is 22.2. The SMILES string of the molecule is [C-]#[N+]c1ccc2c(n1)c(N1CCNC(COC)C1)cc(=O)n2C. The molecule has 7 heteroatoms. The van der Waals surface area contributed by atoms with Crippen molar-refractivity contribution in [3.05, 3.63) is 40.0 Å². The number of methoxy groups -OCH3 is 1. The number of hydrogen-bond donors (Lipinski definition) is 1. The lowest BCUT2D eigenvalue weighted by Crippen LogP contribution is -2.52. The molecule has 0 aliphatic carbocycles. The molecule has 1 aliphatic rings. The number of ether oxygens (including phenoxy) is 1. The summed E-state index contributed by atoms with van der Waals surface area (Å²) in [5, 5.41) is 3.40. The van der Waals surface area contributed by atoms with E-state index < -0.39 is 0 Å². The number of fused-ring (bicyclic) bond motifs is 1. The zero-order valence-corrected chi connectivity index (χ0v) is 13.2. The topological polar surface area (TPSA) is 63.8 Å². The first-order valence-electron chi connectivity index (χ1n) is 7.49. The maximum absolute atomic E-state index is 12.3. The molecule has 2 aromatic heterocycles. The predicted molar refractivity (Wildman–Crippen MR) is 89.1 cm³/mol. The van der Waals surface area contributed by atoms with Gasteiger partial charge in [-0.2, -0.15) is 0 Å². The van der Waals surface area contributed by atoms with E-state index in [1.54, 1.807) is 36.9 Å². The maximum atomic E-state index is 12.3. The van der Waals surface area contributed by atoms with Crippen LogP contribution in [0.2, 0.25) is 0 Å². The number of pyridine rings is 2. The molecule has 0 saturated carbocycles. The van der Waals surface area contributed by atoms with Crippen molar-refractivity contribution in [2.75, 3.05) is 38.3 Å². The van der Waals surface area contributed by atoms with Crippen molar-refractivity contribution in [1.82, 2.24) is 14.9 Å². The van der Waals surface area contributed by atoms with Crippen molar-refractivity contribution >= 4 is 22.5 Å². The van der Waals surface area contributed by atoms with Crippen molar-refractivity contribution in [2.45, 2.75) is 6.04 Å². The lowest BCUT2D eigenvalue weighted by Gasteiger charge is -2.34. The van der Waals surface area contributed by atoms with Crippen LogP contribution in [0.5, 0.6) is 0 Å². The third-order valence-corrected chi connectivity index (χ3v) is 4.13. The van der Waals surface area contributed by atoms with E-state index in [-0.39, 0.29) is 11.6 Å². The summed E-state index contributed by atoms with van der Waals surface area (Å²) in [7, 11) is 3.40. The molecule has 1 unspecified atom stereocenters. The molecule has 0 radical (unpaired) electrons. The fourth-order valence-corrected chi connectivity index (χ4v) is 2.96. The van der Waals surface area contributed by atoms with Crippen LogP contribution in [-0.2, 0) is 11.8 Å². The van der Waals surface area contributed by atoms with E-state index in [0.29, 0.717) is 17.9 Å². The molecule has 0 bridgehead atoms. The Bertz CT molecular complexity index is 822. The van der Waals surface area contributed by atoms with Crippen molar-refractivity contribution < 1.29 is 4.74 Å². The summed E-state index contributed by atoms with van der Waals surface area (Å²) in [6.07, 6.45) is 0. The normalized spacial score (nSPS) is 18.1. The molecule has 0 amide bonds. The third kappa shape index (κ3) is 2.91. The number of rotatable bonds is 3. The molecule has 1 fully saturated rings. The highest BCUT2D eigenvalue weighted by molar-refractivity contribution is 5.89. The Morgan fingerprint density at radius 3 is 3.09 bits per heavy atom. The van der Waals surface area contributed by atoms with E-state index in [4.69, 9.17) is 11.3 Å². The van der Waals surface area contributed by atoms with Crippen molar-refractivity contribution in [3.8, 4) is 0 Å². The van der Waals surface area contributed by atoms with Crippen molar-refractivity contribution in [3.63, 3.8) is 0 Å². The molecule has 0 spiro atoms. The number of piperazine rings is 1. The number of anilines is 1. The fourth-order valence-electron chi connectivity index (χ4n) is 2.96. The summed E-state index contributed by atoms with van der Waals surface area (Å²) in [6, 6.07) is 5.24. The minimum absolute atomic E-state index is 0.0771. The van der Waals surface area contributed by atoms with Crippen LogP contribution in [0.4, 0.5) is 11.5 Å². The van der Waals surface area contributed by atoms with Crippen LogP contribution in [0.3, 0.4) is 0 Å². The van der Waals surface area contributed by atoms with Crippen LogP contribution >= 0.6 is 0 Å². The second kappa shape index (κ2) is 6.36. The zero-order chi connectivity index (χ0) is 16.4. The largest absolute Gasteiger partial charge is 0.383 e. The van der Waals surface area contributed by atoms with Crippen LogP contribution in [0, 0.1) is 6.57 Å². The number of aryl methyl sites for hydroxylation is 1. The Labute approximate surface area is 134 Å². The first-order valence-corrected chi connectivity index (χ1v) is 7.49.